The van der Waals surface area contributed by atoms with Crippen molar-refractivity contribution in [3.63, 3.8) is 0 Å². The molecule has 0 spiro atoms. The molecule has 1 aliphatic heterocycles. The number of hydrogen-bond acceptors (Lipinski definition) is 4. The summed E-state index contributed by atoms with van der Waals surface area (Å²) in [6.45, 7) is 7.12. The van der Waals surface area contributed by atoms with E-state index in [-0.39, 0.29) is 35.8 Å². The van der Waals surface area contributed by atoms with Crippen LogP contribution in [0.2, 0.25) is 0 Å². The quantitative estimate of drug-likeness (QED) is 0.375. The Balaban J connectivity index is 0.00000280. The molecule has 0 saturated carbocycles. The van der Waals surface area contributed by atoms with E-state index >= 15 is 0 Å². The maximum Gasteiger partial charge on any atom is 0.191 e. The molecule has 1 aromatic heterocycles. The van der Waals surface area contributed by atoms with E-state index in [0.717, 1.165) is 55.5 Å². The van der Waals surface area contributed by atoms with Crippen molar-refractivity contribution in [2.75, 3.05) is 24.5 Å². The van der Waals surface area contributed by atoms with Gasteiger partial charge in [-0.2, -0.15) is 5.10 Å². The van der Waals surface area contributed by atoms with E-state index in [1.807, 2.05) is 20.0 Å². The molecule has 2 N–H and O–H groups in total. The van der Waals surface area contributed by atoms with E-state index < -0.39 is 0 Å². The molecular weight excluding hydrogens is 472 g/mol. The summed E-state index contributed by atoms with van der Waals surface area (Å²) in [6.07, 6.45) is 3.69. The fraction of sp³-hybridized carbons (Fsp3) is 0.526. The third-order valence-electron chi connectivity index (χ3n) is 4.79. The molecule has 0 bridgehead atoms. The van der Waals surface area contributed by atoms with Gasteiger partial charge in [-0.15, -0.1) is 24.0 Å². The van der Waals surface area contributed by atoms with Crippen LogP contribution >= 0.6 is 24.0 Å². The van der Waals surface area contributed by atoms with Crippen molar-refractivity contribution in [1.82, 2.24) is 25.4 Å². The van der Waals surface area contributed by atoms with Crippen LogP contribution in [0.3, 0.4) is 0 Å². The minimum atomic E-state index is -0.187. The molecule has 154 valence electrons. The van der Waals surface area contributed by atoms with Crippen LogP contribution in [0, 0.1) is 12.7 Å². The van der Waals surface area contributed by atoms with Gasteiger partial charge < -0.3 is 15.5 Å². The summed E-state index contributed by atoms with van der Waals surface area (Å²) in [7, 11) is 1.86. The number of aliphatic imine (C=N–C) groups is 1. The van der Waals surface area contributed by atoms with Crippen LogP contribution in [0.4, 0.5) is 10.1 Å². The zero-order valence-corrected chi connectivity index (χ0v) is 19.0. The first-order chi connectivity index (χ1) is 13.1. The summed E-state index contributed by atoms with van der Waals surface area (Å²) < 4.78 is 15.1. The first-order valence-electron chi connectivity index (χ1n) is 9.45. The molecule has 0 radical (unpaired) electrons. The molecular formula is C19H29FIN7. The molecule has 1 saturated heterocycles. The number of halogens is 2. The van der Waals surface area contributed by atoms with Crippen molar-refractivity contribution in [2.45, 2.75) is 39.3 Å². The van der Waals surface area contributed by atoms with Crippen molar-refractivity contribution in [2.24, 2.45) is 12.0 Å². The van der Waals surface area contributed by atoms with Gasteiger partial charge in [0.25, 0.3) is 0 Å². The summed E-state index contributed by atoms with van der Waals surface area (Å²) >= 11 is 0. The van der Waals surface area contributed by atoms with Gasteiger partial charge in [-0.05, 0) is 50.5 Å². The third-order valence-corrected chi connectivity index (χ3v) is 4.79. The van der Waals surface area contributed by atoms with Gasteiger partial charge in [-0.3, -0.25) is 4.68 Å². The van der Waals surface area contributed by atoms with Gasteiger partial charge in [-0.25, -0.2) is 14.4 Å². The molecule has 1 aromatic carbocycles. The lowest BCUT2D eigenvalue weighted by atomic mass is 10.0. The molecule has 2 heterocycles. The van der Waals surface area contributed by atoms with Crippen LogP contribution in [0.5, 0.6) is 0 Å². The molecule has 9 heteroatoms. The van der Waals surface area contributed by atoms with Gasteiger partial charge in [0, 0.05) is 38.4 Å². The number of anilines is 1. The van der Waals surface area contributed by atoms with Gasteiger partial charge in [0.05, 0.1) is 0 Å². The Kier molecular flexibility index (Phi) is 8.46. The van der Waals surface area contributed by atoms with Crippen LogP contribution < -0.4 is 15.5 Å². The van der Waals surface area contributed by atoms with Crippen LogP contribution in [-0.2, 0) is 13.6 Å². The summed E-state index contributed by atoms with van der Waals surface area (Å²) in [5.74, 6) is 1.41. The smallest absolute Gasteiger partial charge is 0.191 e. The number of nitrogens with zero attached hydrogens (tertiary/aromatic N) is 5. The lowest BCUT2D eigenvalue weighted by Crippen LogP contribution is -2.51. The number of guanidine groups is 1. The Morgan fingerprint density at radius 1 is 1.39 bits per heavy atom. The number of piperidine rings is 1. The van der Waals surface area contributed by atoms with Gasteiger partial charge in [0.2, 0.25) is 0 Å². The number of nitrogens with one attached hydrogen (secondary N) is 2. The molecule has 1 aliphatic rings. The molecule has 1 atom stereocenters. The van der Waals surface area contributed by atoms with E-state index in [0.29, 0.717) is 6.54 Å². The van der Waals surface area contributed by atoms with Crippen molar-refractivity contribution in [3.05, 3.63) is 41.7 Å². The minimum Gasteiger partial charge on any atom is -0.369 e. The summed E-state index contributed by atoms with van der Waals surface area (Å²) in [5.41, 5.74) is 2.07. The highest BCUT2D eigenvalue weighted by atomic mass is 127. The highest BCUT2D eigenvalue weighted by Gasteiger charge is 2.22. The lowest BCUT2D eigenvalue weighted by Gasteiger charge is -2.36. The van der Waals surface area contributed by atoms with Gasteiger partial charge in [-0.1, -0.05) is 0 Å². The second-order valence-corrected chi connectivity index (χ2v) is 6.86. The van der Waals surface area contributed by atoms with Gasteiger partial charge in [0.1, 0.15) is 24.5 Å². The SMILES string of the molecule is CCNC(=NCc1ncnn1C)NC1CCCN(c2ccc(F)cc2C)C1.I. The fourth-order valence-corrected chi connectivity index (χ4v) is 3.41. The highest BCUT2D eigenvalue weighted by Crippen LogP contribution is 2.24. The first-order valence-corrected chi connectivity index (χ1v) is 9.45. The molecule has 7 nitrogen and oxygen atoms in total. The van der Waals surface area contributed by atoms with E-state index in [4.69, 9.17) is 0 Å². The van der Waals surface area contributed by atoms with Crippen molar-refractivity contribution < 1.29 is 4.39 Å². The average molecular weight is 501 g/mol. The maximum absolute atomic E-state index is 13.4. The standard InChI is InChI=1S/C19H28FN7.HI/c1-4-21-19(22-11-18-23-13-24-26(18)3)25-16-6-5-9-27(12-16)17-8-7-15(20)10-14(17)2;/h7-8,10,13,16H,4-6,9,11-12H2,1-3H3,(H2,21,22,25);1H. The lowest BCUT2D eigenvalue weighted by molar-refractivity contribution is 0.467. The first kappa shape index (κ1) is 22.4. The Bertz CT molecular complexity index is 792. The summed E-state index contributed by atoms with van der Waals surface area (Å²) in [6, 6.07) is 5.28. The largest absolute Gasteiger partial charge is 0.369 e. The molecule has 28 heavy (non-hydrogen) atoms. The molecule has 3 rings (SSSR count). The van der Waals surface area contributed by atoms with Gasteiger partial charge in [0.15, 0.2) is 5.96 Å². The maximum atomic E-state index is 13.4. The number of hydrogen-bond donors (Lipinski definition) is 2. The van der Waals surface area contributed by atoms with Gasteiger partial charge >= 0.3 is 0 Å². The predicted molar refractivity (Wildman–Crippen MR) is 121 cm³/mol. The monoisotopic (exact) mass is 501 g/mol. The van der Waals surface area contributed by atoms with E-state index in [1.54, 1.807) is 10.7 Å². The van der Waals surface area contributed by atoms with Crippen molar-refractivity contribution in [3.8, 4) is 0 Å². The van der Waals surface area contributed by atoms with E-state index in [1.165, 1.54) is 12.4 Å². The second kappa shape index (κ2) is 10.6. The highest BCUT2D eigenvalue weighted by molar-refractivity contribution is 14.0. The van der Waals surface area contributed by atoms with Crippen molar-refractivity contribution >= 4 is 35.6 Å². The topological polar surface area (TPSA) is 70.4 Å². The Labute approximate surface area is 182 Å². The van der Waals surface area contributed by atoms with Crippen LogP contribution in [0.1, 0.15) is 31.2 Å². The van der Waals surface area contributed by atoms with Crippen LogP contribution in [0.15, 0.2) is 29.5 Å². The zero-order valence-electron chi connectivity index (χ0n) is 16.7. The van der Waals surface area contributed by atoms with Crippen LogP contribution in [-0.4, -0.2) is 46.4 Å². The summed E-state index contributed by atoms with van der Waals surface area (Å²) in [5, 5.41) is 10.9. The normalized spacial score (nSPS) is 17.2. The molecule has 0 aliphatic carbocycles. The molecule has 0 amide bonds. The molecule has 1 unspecified atom stereocenters. The third kappa shape index (κ3) is 5.79. The predicted octanol–water partition coefficient (Wildman–Crippen LogP) is 2.60. The fourth-order valence-electron chi connectivity index (χ4n) is 3.41. The van der Waals surface area contributed by atoms with E-state index in [2.05, 4.69) is 37.5 Å². The Morgan fingerprint density at radius 2 is 2.21 bits per heavy atom. The number of benzene rings is 1. The Morgan fingerprint density at radius 3 is 2.89 bits per heavy atom. The van der Waals surface area contributed by atoms with Crippen molar-refractivity contribution in [1.29, 1.82) is 0 Å². The minimum absolute atomic E-state index is 0. The zero-order chi connectivity index (χ0) is 19.2. The molecule has 1 fully saturated rings. The molecule has 2 aromatic rings. The van der Waals surface area contributed by atoms with E-state index in [9.17, 15) is 4.39 Å². The second-order valence-electron chi connectivity index (χ2n) is 6.86. The Hall–Kier alpha value is -1.91. The average Bonchev–Trinajstić information content (AvgIpc) is 3.05. The number of aryl methyl sites for hydroxylation is 2. The number of rotatable bonds is 5. The summed E-state index contributed by atoms with van der Waals surface area (Å²) in [4.78, 5) is 11.2. The number of aromatic nitrogens is 3. The van der Waals surface area contributed by atoms with Crippen LogP contribution in [0.25, 0.3) is 0 Å².